The summed E-state index contributed by atoms with van der Waals surface area (Å²) in [5.74, 6) is 0. The van der Waals surface area contributed by atoms with Gasteiger partial charge in [-0.1, -0.05) is 37.3 Å². The maximum atomic E-state index is 4.30. The third-order valence-corrected chi connectivity index (χ3v) is 4.89. The predicted molar refractivity (Wildman–Crippen MR) is 90.5 cm³/mol. The Morgan fingerprint density at radius 1 is 1.24 bits per heavy atom. The van der Waals surface area contributed by atoms with Crippen LogP contribution in [0.1, 0.15) is 30.9 Å². The molecule has 0 saturated heterocycles. The van der Waals surface area contributed by atoms with E-state index in [0.29, 0.717) is 11.5 Å². The van der Waals surface area contributed by atoms with E-state index in [1.807, 2.05) is 12.4 Å². The van der Waals surface area contributed by atoms with Crippen molar-refractivity contribution in [3.8, 4) is 0 Å². The minimum atomic E-state index is 0.305. The number of hydrogen-bond donors (Lipinski definition) is 1. The lowest BCUT2D eigenvalue weighted by Gasteiger charge is -2.28. The molecular weight excluding hydrogens is 324 g/mol. The molecule has 1 aromatic carbocycles. The number of nitrogens with zero attached hydrogens (tertiary/aromatic N) is 1. The highest BCUT2D eigenvalue weighted by Crippen LogP contribution is 2.51. The summed E-state index contributed by atoms with van der Waals surface area (Å²) in [6, 6.07) is 13.6. The first-order chi connectivity index (χ1) is 10.2. The number of likely N-dealkylation sites (N-methyl/N-ethyl adjacent to an activating group) is 1. The Kier molecular flexibility index (Phi) is 4.41. The Hall–Kier alpha value is -1.19. The summed E-state index contributed by atoms with van der Waals surface area (Å²) < 4.78 is 1.06. The number of pyridine rings is 1. The first kappa shape index (κ1) is 14.7. The molecule has 0 bridgehead atoms. The van der Waals surface area contributed by atoms with Gasteiger partial charge >= 0.3 is 0 Å². The van der Waals surface area contributed by atoms with E-state index in [2.05, 4.69) is 69.6 Å². The third kappa shape index (κ3) is 3.19. The molecule has 0 aliphatic heterocycles. The monoisotopic (exact) mass is 344 g/mol. The summed E-state index contributed by atoms with van der Waals surface area (Å²) in [7, 11) is 0. The Balaban J connectivity index is 1.85. The number of rotatable bonds is 6. The van der Waals surface area contributed by atoms with E-state index in [9.17, 15) is 0 Å². The van der Waals surface area contributed by atoms with Crippen molar-refractivity contribution in [2.45, 2.75) is 37.6 Å². The lowest BCUT2D eigenvalue weighted by molar-refractivity contribution is 0.421. The molecule has 3 rings (SSSR count). The maximum Gasteiger partial charge on any atom is 0.0410 e. The average Bonchev–Trinajstić information content (AvgIpc) is 3.30. The van der Waals surface area contributed by atoms with Crippen LogP contribution in [0.3, 0.4) is 0 Å². The van der Waals surface area contributed by atoms with Crippen LogP contribution in [0.25, 0.3) is 0 Å². The zero-order valence-corrected chi connectivity index (χ0v) is 13.9. The van der Waals surface area contributed by atoms with Crippen LogP contribution >= 0.6 is 15.9 Å². The van der Waals surface area contributed by atoms with Crippen molar-refractivity contribution in [1.29, 1.82) is 0 Å². The molecule has 1 aromatic heterocycles. The molecule has 0 spiro atoms. The number of benzene rings is 1. The van der Waals surface area contributed by atoms with Crippen LogP contribution in [0.15, 0.2) is 53.3 Å². The highest BCUT2D eigenvalue weighted by atomic mass is 79.9. The Morgan fingerprint density at radius 2 is 2.00 bits per heavy atom. The fraction of sp³-hybridized carbons (Fsp3) is 0.389. The molecule has 2 nitrogen and oxygen atoms in total. The van der Waals surface area contributed by atoms with E-state index in [-0.39, 0.29) is 0 Å². The Morgan fingerprint density at radius 3 is 2.62 bits per heavy atom. The minimum Gasteiger partial charge on any atom is -0.313 e. The van der Waals surface area contributed by atoms with Crippen LogP contribution in [0.5, 0.6) is 0 Å². The van der Waals surface area contributed by atoms with Gasteiger partial charge in [-0.3, -0.25) is 4.98 Å². The highest BCUT2D eigenvalue weighted by molar-refractivity contribution is 9.10. The molecule has 1 unspecified atom stereocenters. The largest absolute Gasteiger partial charge is 0.313 e. The van der Waals surface area contributed by atoms with Crippen molar-refractivity contribution in [2.24, 2.45) is 0 Å². The predicted octanol–water partition coefficient (Wildman–Crippen LogP) is 4.10. The Labute approximate surface area is 135 Å². The van der Waals surface area contributed by atoms with Crippen molar-refractivity contribution in [1.82, 2.24) is 10.3 Å². The van der Waals surface area contributed by atoms with Crippen molar-refractivity contribution < 1.29 is 0 Å². The highest BCUT2D eigenvalue weighted by Gasteiger charge is 2.50. The van der Waals surface area contributed by atoms with Crippen molar-refractivity contribution >= 4 is 15.9 Å². The average molecular weight is 345 g/mol. The zero-order valence-electron chi connectivity index (χ0n) is 12.3. The van der Waals surface area contributed by atoms with Gasteiger partial charge < -0.3 is 5.32 Å². The lowest BCUT2D eigenvalue weighted by atomic mass is 9.84. The van der Waals surface area contributed by atoms with Gasteiger partial charge in [0.05, 0.1) is 0 Å². The van der Waals surface area contributed by atoms with Gasteiger partial charge in [0.2, 0.25) is 0 Å². The van der Waals surface area contributed by atoms with Gasteiger partial charge in [0, 0.05) is 28.3 Å². The van der Waals surface area contributed by atoms with E-state index in [4.69, 9.17) is 0 Å². The fourth-order valence-electron chi connectivity index (χ4n) is 3.26. The van der Waals surface area contributed by atoms with Crippen molar-refractivity contribution in [3.63, 3.8) is 0 Å². The van der Waals surface area contributed by atoms with Gasteiger partial charge in [-0.2, -0.15) is 0 Å². The number of hydrogen-bond acceptors (Lipinski definition) is 2. The van der Waals surface area contributed by atoms with Gasteiger partial charge in [-0.05, 0) is 58.9 Å². The van der Waals surface area contributed by atoms with E-state index >= 15 is 0 Å². The van der Waals surface area contributed by atoms with E-state index < -0.39 is 0 Å². The molecule has 21 heavy (non-hydrogen) atoms. The van der Waals surface area contributed by atoms with E-state index in [0.717, 1.165) is 17.4 Å². The zero-order chi connectivity index (χ0) is 14.7. The summed E-state index contributed by atoms with van der Waals surface area (Å²) in [4.78, 5) is 4.30. The molecule has 1 aliphatic carbocycles. The summed E-state index contributed by atoms with van der Waals surface area (Å²) >= 11 is 3.52. The van der Waals surface area contributed by atoms with Crippen molar-refractivity contribution in [3.05, 3.63) is 64.4 Å². The SMILES string of the molecule is CCNC(Cc1cncc(Br)c1)C1(c2ccccc2)CC1. The second-order valence-corrected chi connectivity index (χ2v) is 6.76. The molecule has 110 valence electrons. The molecule has 0 amide bonds. The van der Waals surface area contributed by atoms with Crippen LogP contribution in [0, 0.1) is 0 Å². The molecule has 1 fully saturated rings. The molecule has 2 aromatic rings. The van der Waals surface area contributed by atoms with Gasteiger partial charge in [-0.15, -0.1) is 0 Å². The number of halogens is 1. The first-order valence-electron chi connectivity index (χ1n) is 7.63. The summed E-state index contributed by atoms with van der Waals surface area (Å²) in [5, 5.41) is 3.71. The number of nitrogens with one attached hydrogen (secondary N) is 1. The molecule has 1 aliphatic rings. The third-order valence-electron chi connectivity index (χ3n) is 4.46. The molecule has 1 atom stereocenters. The molecule has 3 heteroatoms. The minimum absolute atomic E-state index is 0.305. The van der Waals surface area contributed by atoms with Gasteiger partial charge in [0.25, 0.3) is 0 Å². The van der Waals surface area contributed by atoms with Crippen LogP contribution < -0.4 is 5.32 Å². The smallest absolute Gasteiger partial charge is 0.0410 e. The van der Waals surface area contributed by atoms with Gasteiger partial charge in [-0.25, -0.2) is 0 Å². The second-order valence-electron chi connectivity index (χ2n) is 5.85. The molecular formula is C18H21BrN2. The van der Waals surface area contributed by atoms with Gasteiger partial charge in [0.1, 0.15) is 0 Å². The Bertz CT molecular complexity index is 593. The van der Waals surface area contributed by atoms with Crippen LogP contribution in [0.2, 0.25) is 0 Å². The normalized spacial score (nSPS) is 17.4. The molecule has 1 saturated carbocycles. The lowest BCUT2D eigenvalue weighted by Crippen LogP contribution is -2.41. The second kappa shape index (κ2) is 6.29. The summed E-state index contributed by atoms with van der Waals surface area (Å²) in [6.45, 7) is 3.19. The fourth-order valence-corrected chi connectivity index (χ4v) is 3.67. The maximum absolute atomic E-state index is 4.30. The molecule has 0 radical (unpaired) electrons. The van der Waals surface area contributed by atoms with Crippen LogP contribution in [-0.2, 0) is 11.8 Å². The number of aromatic nitrogens is 1. The van der Waals surface area contributed by atoms with Crippen LogP contribution in [-0.4, -0.2) is 17.6 Å². The summed E-state index contributed by atoms with van der Waals surface area (Å²) in [6.07, 6.45) is 7.40. The van der Waals surface area contributed by atoms with E-state index in [1.165, 1.54) is 24.0 Å². The first-order valence-corrected chi connectivity index (χ1v) is 8.42. The summed E-state index contributed by atoms with van der Waals surface area (Å²) in [5.41, 5.74) is 3.07. The quantitative estimate of drug-likeness (QED) is 0.853. The molecule has 1 heterocycles. The van der Waals surface area contributed by atoms with E-state index in [1.54, 1.807) is 0 Å². The van der Waals surface area contributed by atoms with Crippen LogP contribution in [0.4, 0.5) is 0 Å². The molecule has 1 N–H and O–H groups in total. The van der Waals surface area contributed by atoms with Crippen molar-refractivity contribution in [2.75, 3.05) is 6.54 Å². The standard InChI is InChI=1S/C18H21BrN2/c1-2-21-17(11-14-10-16(19)13-20-12-14)18(8-9-18)15-6-4-3-5-7-15/h3-7,10,12-13,17,21H,2,8-9,11H2,1H3. The van der Waals surface area contributed by atoms with Gasteiger partial charge in [0.15, 0.2) is 0 Å². The topological polar surface area (TPSA) is 24.9 Å².